The van der Waals surface area contributed by atoms with Crippen molar-refractivity contribution in [2.45, 2.75) is 18.4 Å². The summed E-state index contributed by atoms with van der Waals surface area (Å²) in [7, 11) is 0. The summed E-state index contributed by atoms with van der Waals surface area (Å²) in [6, 6.07) is 6.59. The van der Waals surface area contributed by atoms with Crippen LogP contribution in [-0.4, -0.2) is 22.7 Å². The smallest absolute Gasteiger partial charge is 0.328 e. The van der Waals surface area contributed by atoms with Crippen molar-refractivity contribution < 1.29 is 15.0 Å². The van der Waals surface area contributed by atoms with Gasteiger partial charge in [-0.1, -0.05) is 18.2 Å². The van der Waals surface area contributed by atoms with E-state index in [0.717, 1.165) is 6.42 Å². The summed E-state index contributed by atoms with van der Waals surface area (Å²) in [5, 5.41) is 21.9. The number of nitrogens with one attached hydrogen (secondary N) is 1. The lowest BCUT2D eigenvalue weighted by Gasteiger charge is -2.25. The van der Waals surface area contributed by atoms with Gasteiger partial charge in [-0.2, -0.15) is 0 Å². The fraction of sp³-hybridized carbons (Fsp3) is 0.364. The van der Waals surface area contributed by atoms with Crippen LogP contribution in [0.2, 0.25) is 0 Å². The lowest BCUT2D eigenvalue weighted by Crippen LogP contribution is -2.44. The number of aromatic hydroxyl groups is 1. The summed E-state index contributed by atoms with van der Waals surface area (Å²) >= 11 is 0. The summed E-state index contributed by atoms with van der Waals surface area (Å²) in [4.78, 5) is 11.3. The van der Waals surface area contributed by atoms with Crippen molar-refractivity contribution in [2.24, 2.45) is 0 Å². The fourth-order valence-corrected chi connectivity index (χ4v) is 2.11. The van der Waals surface area contributed by atoms with Crippen LogP contribution < -0.4 is 5.32 Å². The van der Waals surface area contributed by atoms with E-state index in [1.807, 2.05) is 0 Å². The van der Waals surface area contributed by atoms with E-state index in [1.54, 1.807) is 18.2 Å². The molecule has 0 radical (unpaired) electrons. The molecule has 1 aliphatic rings. The summed E-state index contributed by atoms with van der Waals surface area (Å²) in [5.41, 5.74) is -0.652. The topological polar surface area (TPSA) is 69.6 Å². The number of para-hydroxylation sites is 1. The molecule has 80 valence electrons. The van der Waals surface area contributed by atoms with Crippen molar-refractivity contribution in [1.82, 2.24) is 5.32 Å². The Hall–Kier alpha value is -1.55. The highest BCUT2D eigenvalue weighted by atomic mass is 16.4. The Balaban J connectivity index is 2.50. The number of carboxylic acid groups (broad SMARTS) is 1. The highest BCUT2D eigenvalue weighted by Crippen LogP contribution is 2.36. The van der Waals surface area contributed by atoms with Crippen molar-refractivity contribution in [3.8, 4) is 5.75 Å². The Morgan fingerprint density at radius 1 is 1.40 bits per heavy atom. The van der Waals surface area contributed by atoms with Crippen LogP contribution in [0.1, 0.15) is 18.4 Å². The quantitative estimate of drug-likeness (QED) is 0.678. The van der Waals surface area contributed by atoms with Crippen molar-refractivity contribution in [1.29, 1.82) is 0 Å². The molecule has 15 heavy (non-hydrogen) atoms. The molecule has 0 aromatic heterocycles. The second-order valence-electron chi connectivity index (χ2n) is 3.76. The number of hydrogen-bond acceptors (Lipinski definition) is 3. The van der Waals surface area contributed by atoms with Crippen molar-refractivity contribution in [3.63, 3.8) is 0 Å². The number of hydrogen-bond donors (Lipinski definition) is 3. The number of phenolic OH excluding ortho intramolecular Hbond substituents is 1. The highest BCUT2D eigenvalue weighted by molar-refractivity contribution is 5.82. The minimum absolute atomic E-state index is 0.0364. The second-order valence-corrected chi connectivity index (χ2v) is 3.76. The van der Waals surface area contributed by atoms with Crippen LogP contribution in [-0.2, 0) is 10.3 Å². The molecule has 1 unspecified atom stereocenters. The van der Waals surface area contributed by atoms with E-state index < -0.39 is 11.5 Å². The molecule has 1 fully saturated rings. The number of aliphatic carboxylic acids is 1. The third-order valence-corrected chi connectivity index (χ3v) is 2.88. The van der Waals surface area contributed by atoms with Gasteiger partial charge in [0, 0.05) is 5.56 Å². The van der Waals surface area contributed by atoms with Gasteiger partial charge >= 0.3 is 5.97 Å². The zero-order chi connectivity index (χ0) is 10.9. The molecule has 1 aliphatic heterocycles. The average Bonchev–Trinajstić information content (AvgIpc) is 2.68. The molecule has 1 aromatic rings. The Morgan fingerprint density at radius 2 is 2.13 bits per heavy atom. The van der Waals surface area contributed by atoms with Gasteiger partial charge in [-0.05, 0) is 25.5 Å². The molecule has 2 rings (SSSR count). The minimum Gasteiger partial charge on any atom is -0.508 e. The van der Waals surface area contributed by atoms with Gasteiger partial charge in [-0.3, -0.25) is 5.32 Å². The Morgan fingerprint density at radius 3 is 2.67 bits per heavy atom. The molecule has 0 saturated carbocycles. The van der Waals surface area contributed by atoms with Crippen LogP contribution in [0.15, 0.2) is 24.3 Å². The predicted octanol–water partition coefficient (Wildman–Crippen LogP) is 1.06. The first-order chi connectivity index (χ1) is 7.17. The maximum Gasteiger partial charge on any atom is 0.328 e. The van der Waals surface area contributed by atoms with Gasteiger partial charge in [0.1, 0.15) is 11.3 Å². The first kappa shape index (κ1) is 9.98. The molecule has 1 heterocycles. The molecule has 1 aromatic carbocycles. The van der Waals surface area contributed by atoms with Crippen molar-refractivity contribution in [2.75, 3.05) is 6.54 Å². The Kier molecular flexibility index (Phi) is 2.36. The maximum atomic E-state index is 11.3. The number of carboxylic acids is 1. The molecule has 1 atom stereocenters. The summed E-state index contributed by atoms with van der Waals surface area (Å²) < 4.78 is 0. The van der Waals surface area contributed by atoms with E-state index in [4.69, 9.17) is 0 Å². The molecule has 0 spiro atoms. The normalized spacial score (nSPS) is 25.3. The molecule has 0 aliphatic carbocycles. The van der Waals surface area contributed by atoms with Crippen LogP contribution in [0.25, 0.3) is 0 Å². The standard InChI is InChI=1S/C11H13NO3/c13-9-5-2-1-4-8(9)11(10(14)15)6-3-7-12-11/h1-2,4-5,12-13H,3,6-7H2,(H,14,15). The highest BCUT2D eigenvalue weighted by Gasteiger charge is 2.44. The average molecular weight is 207 g/mol. The van der Waals surface area contributed by atoms with Crippen LogP contribution in [0.5, 0.6) is 5.75 Å². The van der Waals surface area contributed by atoms with E-state index >= 15 is 0 Å². The molecule has 3 N–H and O–H groups in total. The zero-order valence-corrected chi connectivity index (χ0v) is 8.23. The molecule has 0 bridgehead atoms. The van der Waals surface area contributed by atoms with Crippen molar-refractivity contribution in [3.05, 3.63) is 29.8 Å². The molecular weight excluding hydrogens is 194 g/mol. The van der Waals surface area contributed by atoms with Crippen LogP contribution in [0.3, 0.4) is 0 Å². The lowest BCUT2D eigenvalue weighted by molar-refractivity contribution is -0.144. The van der Waals surface area contributed by atoms with Crippen LogP contribution >= 0.6 is 0 Å². The van der Waals surface area contributed by atoms with Gasteiger partial charge in [0.15, 0.2) is 0 Å². The van der Waals surface area contributed by atoms with Gasteiger partial charge in [0.05, 0.1) is 0 Å². The van der Waals surface area contributed by atoms with Gasteiger partial charge < -0.3 is 10.2 Å². The van der Waals surface area contributed by atoms with E-state index in [-0.39, 0.29) is 5.75 Å². The predicted molar refractivity (Wildman–Crippen MR) is 54.7 cm³/mol. The van der Waals surface area contributed by atoms with Crippen LogP contribution in [0.4, 0.5) is 0 Å². The van der Waals surface area contributed by atoms with E-state index in [2.05, 4.69) is 5.32 Å². The van der Waals surface area contributed by atoms with Crippen molar-refractivity contribution >= 4 is 5.97 Å². The summed E-state index contributed by atoms with van der Waals surface area (Å²) in [6.07, 6.45) is 1.32. The SMILES string of the molecule is O=C(O)C1(c2ccccc2O)CCCN1. The molecular formula is C11H13NO3. The van der Waals surface area contributed by atoms with Gasteiger partial charge in [-0.25, -0.2) is 4.79 Å². The molecule has 0 amide bonds. The third kappa shape index (κ3) is 1.47. The number of carbonyl (C=O) groups is 1. The van der Waals surface area contributed by atoms with E-state index in [0.29, 0.717) is 18.5 Å². The lowest BCUT2D eigenvalue weighted by atomic mass is 9.88. The van der Waals surface area contributed by atoms with E-state index in [9.17, 15) is 15.0 Å². The van der Waals surface area contributed by atoms with Crippen LogP contribution in [0, 0.1) is 0 Å². The largest absolute Gasteiger partial charge is 0.508 e. The molecule has 4 nitrogen and oxygen atoms in total. The fourth-order valence-electron chi connectivity index (χ4n) is 2.11. The monoisotopic (exact) mass is 207 g/mol. The Bertz CT molecular complexity index is 383. The maximum absolute atomic E-state index is 11.3. The summed E-state index contributed by atoms with van der Waals surface area (Å²) in [5.74, 6) is -0.893. The number of phenols is 1. The van der Waals surface area contributed by atoms with E-state index in [1.165, 1.54) is 6.07 Å². The molecule has 1 saturated heterocycles. The first-order valence-electron chi connectivity index (χ1n) is 4.94. The zero-order valence-electron chi connectivity index (χ0n) is 8.23. The van der Waals surface area contributed by atoms with Gasteiger partial charge in [0.2, 0.25) is 0 Å². The van der Waals surface area contributed by atoms with Gasteiger partial charge in [0.25, 0.3) is 0 Å². The molecule has 4 heteroatoms. The number of rotatable bonds is 2. The Labute approximate surface area is 87.6 Å². The van der Waals surface area contributed by atoms with Gasteiger partial charge in [-0.15, -0.1) is 0 Å². The number of benzene rings is 1. The second kappa shape index (κ2) is 3.55. The third-order valence-electron chi connectivity index (χ3n) is 2.88. The summed E-state index contributed by atoms with van der Waals surface area (Å²) in [6.45, 7) is 0.667. The minimum atomic E-state index is -1.11. The first-order valence-corrected chi connectivity index (χ1v) is 4.94.